The van der Waals surface area contributed by atoms with Gasteiger partial charge in [0.1, 0.15) is 0 Å². The van der Waals surface area contributed by atoms with E-state index in [-0.39, 0.29) is 27.3 Å². The zero-order valence-electron chi connectivity index (χ0n) is 21.9. The van der Waals surface area contributed by atoms with E-state index in [1.54, 1.807) is 0 Å². The predicted octanol–water partition coefficient (Wildman–Crippen LogP) is 5.48. The molecule has 0 aliphatic rings. The molecule has 0 N–H and O–H groups in total. The SMILES string of the molecule is Cc1ccc(-c2ccn([BH-](n3ccc(-c4ccc(C)cc4)n3)n3ccc(-c4ccc(C)cc4)n3)n2)cc1.[Tl+]. The molecule has 0 atom stereocenters. The van der Waals surface area contributed by atoms with Gasteiger partial charge in [0.15, 0.2) is 0 Å². The van der Waals surface area contributed by atoms with Crippen LogP contribution in [0.4, 0.5) is 0 Å². The summed E-state index contributed by atoms with van der Waals surface area (Å²) in [6.45, 7) is 6.28. The standard InChI is InChI=1S/C30H28BN6.Tl/c1-22-4-10-25(11-5-22)28-16-19-35(32-28)31(36-20-17-29(33-36)26-12-6-23(2)7-13-26)37-21-18-30(34-37)27-14-8-24(3)9-15-27;/h4-21,31H,1-3H3;/q-1;+1. The average molecular weight is 688 g/mol. The molecule has 0 bridgehead atoms. The fourth-order valence-electron chi connectivity index (χ4n) is 4.64. The van der Waals surface area contributed by atoms with Crippen LogP contribution in [0.15, 0.2) is 110 Å². The zero-order chi connectivity index (χ0) is 25.4. The Kier molecular flexibility index (Phi) is 7.46. The first-order chi connectivity index (χ1) is 18.0. The molecule has 3 aromatic heterocycles. The Hall–Kier alpha value is -3.72. The molecule has 0 saturated heterocycles. The van der Waals surface area contributed by atoms with E-state index in [1.165, 1.54) is 16.7 Å². The Morgan fingerprint density at radius 2 is 0.684 bits per heavy atom. The van der Waals surface area contributed by atoms with Crippen LogP contribution in [0.1, 0.15) is 16.7 Å². The minimum absolute atomic E-state index is 0. The summed E-state index contributed by atoms with van der Waals surface area (Å²) < 4.78 is 5.98. The van der Waals surface area contributed by atoms with Crippen LogP contribution in [0, 0.1) is 20.8 Å². The number of benzene rings is 3. The van der Waals surface area contributed by atoms with Crippen LogP contribution in [0.2, 0.25) is 0 Å². The van der Waals surface area contributed by atoms with Crippen molar-refractivity contribution >= 4 is 34.4 Å². The van der Waals surface area contributed by atoms with Gasteiger partial charge >= 0.3 is 34.4 Å². The zero-order valence-corrected chi connectivity index (χ0v) is 26.3. The summed E-state index contributed by atoms with van der Waals surface area (Å²) in [5, 5.41) is 14.9. The van der Waals surface area contributed by atoms with Gasteiger partial charge in [-0.05, 0) is 57.6 Å². The first-order valence-corrected chi connectivity index (χ1v) is 12.6. The van der Waals surface area contributed by atoms with E-state index in [1.807, 2.05) is 32.4 Å². The summed E-state index contributed by atoms with van der Waals surface area (Å²) in [4.78, 5) is 0. The maximum Gasteiger partial charge on any atom is 1.00 e. The van der Waals surface area contributed by atoms with Crippen molar-refractivity contribution in [1.82, 2.24) is 29.1 Å². The van der Waals surface area contributed by atoms with Gasteiger partial charge in [-0.25, -0.2) is 15.3 Å². The number of nitrogens with zero attached hydrogens (tertiary/aromatic N) is 6. The van der Waals surface area contributed by atoms with Crippen LogP contribution in [-0.2, 0) is 0 Å². The van der Waals surface area contributed by atoms with Gasteiger partial charge in [-0.3, -0.25) is 0 Å². The van der Waals surface area contributed by atoms with E-state index < -0.39 is 7.12 Å². The van der Waals surface area contributed by atoms with E-state index in [9.17, 15) is 0 Å². The molecule has 3 heterocycles. The second kappa shape index (κ2) is 10.9. The van der Waals surface area contributed by atoms with Crippen molar-refractivity contribution in [2.24, 2.45) is 0 Å². The topological polar surface area (TPSA) is 53.5 Å². The van der Waals surface area contributed by atoms with Gasteiger partial charge in [-0.15, -0.1) is 0 Å². The number of rotatable bonds is 6. The van der Waals surface area contributed by atoms with Crippen molar-refractivity contribution in [3.05, 3.63) is 126 Å². The van der Waals surface area contributed by atoms with Gasteiger partial charge in [0.05, 0.1) is 17.1 Å². The van der Waals surface area contributed by atoms with Crippen molar-refractivity contribution in [3.8, 4) is 33.8 Å². The van der Waals surface area contributed by atoms with Crippen molar-refractivity contribution < 1.29 is 0 Å². The summed E-state index contributed by atoms with van der Waals surface area (Å²) in [5.41, 5.74) is 9.72. The minimum Gasteiger partial charge on any atom is -0.402 e. The van der Waals surface area contributed by atoms with E-state index in [2.05, 4.69) is 112 Å². The van der Waals surface area contributed by atoms with Gasteiger partial charge in [-0.1, -0.05) is 89.5 Å². The van der Waals surface area contributed by atoms with Gasteiger partial charge in [-0.2, -0.15) is 0 Å². The molecule has 6 rings (SSSR count). The molecule has 0 amide bonds. The summed E-state index contributed by atoms with van der Waals surface area (Å²) in [6, 6.07) is 31.5. The molecule has 6 nitrogen and oxygen atoms in total. The van der Waals surface area contributed by atoms with Gasteiger partial charge in [0, 0.05) is 16.7 Å². The molecule has 184 valence electrons. The molecule has 0 saturated carbocycles. The fraction of sp³-hybridized carbons (Fsp3) is 0.100. The van der Waals surface area contributed by atoms with Gasteiger partial charge in [0.2, 0.25) is 0 Å². The normalized spacial score (nSPS) is 11.1. The number of hydrogen-bond acceptors (Lipinski definition) is 3. The fourth-order valence-corrected chi connectivity index (χ4v) is 4.64. The third-order valence-electron chi connectivity index (χ3n) is 6.83. The molecule has 3 aromatic carbocycles. The molecule has 0 aliphatic heterocycles. The first-order valence-electron chi connectivity index (χ1n) is 12.6. The summed E-state index contributed by atoms with van der Waals surface area (Å²) in [5.74, 6) is 0. The van der Waals surface area contributed by atoms with E-state index in [0.717, 1.165) is 33.8 Å². The van der Waals surface area contributed by atoms with E-state index in [4.69, 9.17) is 15.3 Å². The maximum absolute atomic E-state index is 4.98. The van der Waals surface area contributed by atoms with E-state index >= 15 is 0 Å². The van der Waals surface area contributed by atoms with Crippen molar-refractivity contribution in [2.75, 3.05) is 0 Å². The van der Waals surface area contributed by atoms with Crippen molar-refractivity contribution in [2.45, 2.75) is 20.8 Å². The maximum atomic E-state index is 4.98. The molecular formula is C30H28BN6Tl. The summed E-state index contributed by atoms with van der Waals surface area (Å²) in [7, 11) is -1.50. The molecule has 0 aliphatic carbocycles. The number of aryl methyl sites for hydroxylation is 3. The van der Waals surface area contributed by atoms with Crippen LogP contribution >= 0.6 is 0 Å². The van der Waals surface area contributed by atoms with Gasteiger partial charge in [0.25, 0.3) is 0 Å². The molecule has 0 unspecified atom stereocenters. The van der Waals surface area contributed by atoms with Crippen LogP contribution in [-0.4, -0.2) is 63.5 Å². The predicted molar refractivity (Wildman–Crippen MR) is 156 cm³/mol. The third-order valence-corrected chi connectivity index (χ3v) is 6.83. The monoisotopic (exact) mass is 688 g/mol. The van der Waals surface area contributed by atoms with Crippen molar-refractivity contribution in [3.63, 3.8) is 0 Å². The molecular weight excluding hydrogens is 660 g/mol. The Morgan fingerprint density at radius 1 is 0.421 bits per heavy atom. The second-order valence-electron chi connectivity index (χ2n) is 9.74. The molecule has 38 heavy (non-hydrogen) atoms. The molecule has 6 aromatic rings. The van der Waals surface area contributed by atoms with Gasteiger partial charge < -0.3 is 13.8 Å². The Morgan fingerprint density at radius 3 is 0.947 bits per heavy atom. The molecule has 0 fully saturated rings. The second-order valence-corrected chi connectivity index (χ2v) is 9.74. The average Bonchev–Trinajstić information content (AvgIpc) is 3.68. The third kappa shape index (κ3) is 5.29. The summed E-state index contributed by atoms with van der Waals surface area (Å²) in [6.07, 6.45) is 6.07. The summed E-state index contributed by atoms with van der Waals surface area (Å²) >= 11 is 0. The quantitative estimate of drug-likeness (QED) is 0.218. The van der Waals surface area contributed by atoms with Crippen LogP contribution in [0.25, 0.3) is 33.8 Å². The smallest absolute Gasteiger partial charge is 0.402 e. The van der Waals surface area contributed by atoms with Crippen LogP contribution < -0.4 is 0 Å². The Balaban J connectivity index is 0.00000294. The minimum atomic E-state index is -1.50. The number of hydrogen-bond donors (Lipinski definition) is 0. The van der Waals surface area contributed by atoms with Crippen molar-refractivity contribution in [1.29, 1.82) is 0 Å². The molecule has 8 heteroatoms. The van der Waals surface area contributed by atoms with Crippen LogP contribution in [0.5, 0.6) is 0 Å². The van der Waals surface area contributed by atoms with E-state index in [0.29, 0.717) is 0 Å². The van der Waals surface area contributed by atoms with Crippen LogP contribution in [0.3, 0.4) is 0 Å². The number of aromatic nitrogens is 6. The molecule has 0 radical (unpaired) electrons. The Labute approximate surface area is 243 Å². The Bertz CT molecular complexity index is 1450. The molecule has 0 spiro atoms. The first kappa shape index (κ1) is 25.9. The largest absolute Gasteiger partial charge is 1.00 e.